The van der Waals surface area contributed by atoms with Crippen LogP contribution < -0.4 is 10.2 Å². The standard InChI is InChI=1S/C28H32ClN7O/c1-19(2)10-11-25-32-26(24-18-30-36(27(24)33-25)23-9-5-7-21(29)17-23)34-12-14-35(15-13-34)28(37)31-22-8-4-6-20(3)16-22/h4-9,16-19H,10-15H2,1-3H3,(H,31,37). The predicted octanol–water partition coefficient (Wildman–Crippen LogP) is 5.72. The van der Waals surface area contributed by atoms with Gasteiger partial charge in [0.15, 0.2) is 5.65 Å². The number of nitrogens with one attached hydrogen (secondary N) is 1. The van der Waals surface area contributed by atoms with Crippen molar-refractivity contribution >= 4 is 40.2 Å². The fourth-order valence-electron chi connectivity index (χ4n) is 4.55. The van der Waals surface area contributed by atoms with Gasteiger partial charge in [-0.15, -0.1) is 0 Å². The van der Waals surface area contributed by atoms with E-state index in [0.717, 1.165) is 52.5 Å². The van der Waals surface area contributed by atoms with Crippen LogP contribution in [0.15, 0.2) is 54.7 Å². The third-order valence-corrected chi connectivity index (χ3v) is 6.82. The molecule has 2 aromatic carbocycles. The zero-order valence-electron chi connectivity index (χ0n) is 21.5. The summed E-state index contributed by atoms with van der Waals surface area (Å²) in [7, 11) is 0. The lowest BCUT2D eigenvalue weighted by Gasteiger charge is -2.35. The Hall–Kier alpha value is -3.65. The maximum Gasteiger partial charge on any atom is 0.321 e. The van der Waals surface area contributed by atoms with Crippen LogP contribution >= 0.6 is 11.6 Å². The van der Waals surface area contributed by atoms with Crippen molar-refractivity contribution in [2.75, 3.05) is 36.4 Å². The van der Waals surface area contributed by atoms with Crippen molar-refractivity contribution in [3.63, 3.8) is 0 Å². The summed E-state index contributed by atoms with van der Waals surface area (Å²) in [5.41, 5.74) is 3.56. The topological polar surface area (TPSA) is 79.2 Å². The first-order chi connectivity index (χ1) is 17.9. The number of rotatable bonds is 6. The Bertz CT molecular complexity index is 1410. The molecular weight excluding hydrogens is 486 g/mol. The maximum absolute atomic E-state index is 12.9. The minimum atomic E-state index is -0.0792. The van der Waals surface area contributed by atoms with Gasteiger partial charge in [-0.3, -0.25) is 0 Å². The van der Waals surface area contributed by atoms with Crippen LogP contribution in [0.1, 0.15) is 31.7 Å². The van der Waals surface area contributed by atoms with Gasteiger partial charge in [0.25, 0.3) is 0 Å². The fraction of sp³-hybridized carbons (Fsp3) is 0.357. The molecule has 0 unspecified atom stereocenters. The van der Waals surface area contributed by atoms with Crippen molar-refractivity contribution in [3.8, 4) is 5.69 Å². The molecule has 0 atom stereocenters. The molecule has 0 saturated carbocycles. The second-order valence-electron chi connectivity index (χ2n) is 9.94. The number of urea groups is 1. The molecule has 0 bridgehead atoms. The number of nitrogens with zero attached hydrogens (tertiary/aromatic N) is 6. The Balaban J connectivity index is 1.39. The molecule has 3 heterocycles. The summed E-state index contributed by atoms with van der Waals surface area (Å²) in [5.74, 6) is 2.23. The largest absolute Gasteiger partial charge is 0.352 e. The first kappa shape index (κ1) is 25.0. The van der Waals surface area contributed by atoms with E-state index in [1.54, 1.807) is 0 Å². The number of carbonyl (C=O) groups is 1. The van der Waals surface area contributed by atoms with Crippen LogP contribution in [-0.2, 0) is 6.42 Å². The molecule has 0 aliphatic carbocycles. The second kappa shape index (κ2) is 10.8. The van der Waals surface area contributed by atoms with Gasteiger partial charge in [-0.25, -0.2) is 19.4 Å². The van der Waals surface area contributed by atoms with Gasteiger partial charge in [0, 0.05) is 43.3 Å². The van der Waals surface area contributed by atoms with Crippen molar-refractivity contribution in [3.05, 3.63) is 71.1 Å². The summed E-state index contributed by atoms with van der Waals surface area (Å²) in [5, 5.41) is 9.21. The Kier molecular flexibility index (Phi) is 7.28. The second-order valence-corrected chi connectivity index (χ2v) is 10.4. The smallest absolute Gasteiger partial charge is 0.321 e. The number of amides is 2. The summed E-state index contributed by atoms with van der Waals surface area (Å²) in [6, 6.07) is 15.4. The minimum Gasteiger partial charge on any atom is -0.352 e. The molecule has 4 aromatic rings. The van der Waals surface area contributed by atoms with E-state index in [0.29, 0.717) is 37.1 Å². The number of halogens is 1. The molecule has 2 aromatic heterocycles. The lowest BCUT2D eigenvalue weighted by molar-refractivity contribution is 0.208. The average Bonchev–Trinajstić information content (AvgIpc) is 3.31. The van der Waals surface area contributed by atoms with Gasteiger partial charge in [0.05, 0.1) is 17.3 Å². The Morgan fingerprint density at radius 1 is 1.05 bits per heavy atom. The monoisotopic (exact) mass is 517 g/mol. The third kappa shape index (κ3) is 5.69. The minimum absolute atomic E-state index is 0.0792. The summed E-state index contributed by atoms with van der Waals surface area (Å²) < 4.78 is 1.83. The number of piperazine rings is 1. The zero-order valence-corrected chi connectivity index (χ0v) is 22.2. The lowest BCUT2D eigenvalue weighted by Crippen LogP contribution is -2.50. The average molecular weight is 518 g/mol. The summed E-state index contributed by atoms with van der Waals surface area (Å²) in [6.45, 7) is 8.99. The molecule has 8 nitrogen and oxygen atoms in total. The van der Waals surface area contributed by atoms with E-state index >= 15 is 0 Å². The van der Waals surface area contributed by atoms with E-state index in [4.69, 9.17) is 21.6 Å². The predicted molar refractivity (Wildman–Crippen MR) is 149 cm³/mol. The highest BCUT2D eigenvalue weighted by Gasteiger charge is 2.25. The van der Waals surface area contributed by atoms with Gasteiger partial charge in [-0.05, 0) is 55.2 Å². The highest BCUT2D eigenvalue weighted by molar-refractivity contribution is 6.30. The first-order valence-electron chi connectivity index (χ1n) is 12.8. The van der Waals surface area contributed by atoms with Gasteiger partial charge < -0.3 is 15.1 Å². The molecular formula is C28H32ClN7O. The van der Waals surface area contributed by atoms with Gasteiger partial charge >= 0.3 is 6.03 Å². The normalized spacial score (nSPS) is 14.0. The zero-order chi connectivity index (χ0) is 25.9. The number of aryl methyl sites for hydroxylation is 2. The van der Waals surface area contributed by atoms with Gasteiger partial charge in [-0.1, -0.05) is 43.6 Å². The molecule has 1 saturated heterocycles. The van der Waals surface area contributed by atoms with Crippen molar-refractivity contribution in [2.24, 2.45) is 5.92 Å². The van der Waals surface area contributed by atoms with Crippen LogP contribution in [0.4, 0.5) is 16.3 Å². The summed E-state index contributed by atoms with van der Waals surface area (Å²) >= 11 is 6.26. The number of hydrogen-bond donors (Lipinski definition) is 1. The molecule has 192 valence electrons. The molecule has 1 N–H and O–H groups in total. The molecule has 1 fully saturated rings. The van der Waals surface area contributed by atoms with E-state index in [2.05, 4.69) is 29.2 Å². The van der Waals surface area contributed by atoms with Crippen molar-refractivity contribution < 1.29 is 4.79 Å². The van der Waals surface area contributed by atoms with E-state index < -0.39 is 0 Å². The van der Waals surface area contributed by atoms with Crippen molar-refractivity contribution in [1.29, 1.82) is 0 Å². The van der Waals surface area contributed by atoms with E-state index in [1.807, 2.05) is 71.2 Å². The Labute approximate surface area is 222 Å². The molecule has 37 heavy (non-hydrogen) atoms. The number of benzene rings is 2. The number of hydrogen-bond acceptors (Lipinski definition) is 5. The van der Waals surface area contributed by atoms with Crippen LogP contribution in [0.3, 0.4) is 0 Å². The highest BCUT2D eigenvalue weighted by Crippen LogP contribution is 2.28. The molecule has 1 aliphatic rings. The lowest BCUT2D eigenvalue weighted by atomic mass is 10.1. The van der Waals surface area contributed by atoms with Crippen LogP contribution in [0.2, 0.25) is 5.02 Å². The fourth-order valence-corrected chi connectivity index (χ4v) is 4.74. The Morgan fingerprint density at radius 3 is 2.57 bits per heavy atom. The van der Waals surface area contributed by atoms with Crippen LogP contribution in [-0.4, -0.2) is 56.9 Å². The van der Waals surface area contributed by atoms with Crippen LogP contribution in [0.5, 0.6) is 0 Å². The first-order valence-corrected chi connectivity index (χ1v) is 13.1. The molecule has 0 spiro atoms. The van der Waals surface area contributed by atoms with E-state index in [1.165, 1.54) is 0 Å². The molecule has 2 amide bonds. The molecule has 1 aliphatic heterocycles. The molecule has 0 radical (unpaired) electrons. The number of aromatic nitrogens is 4. The number of fused-ring (bicyclic) bond motifs is 1. The van der Waals surface area contributed by atoms with Gasteiger partial charge in [0.2, 0.25) is 0 Å². The SMILES string of the molecule is Cc1cccc(NC(=O)N2CCN(c3nc(CCC(C)C)nc4c3cnn4-c3cccc(Cl)c3)CC2)c1. The highest BCUT2D eigenvalue weighted by atomic mass is 35.5. The summed E-state index contributed by atoms with van der Waals surface area (Å²) in [6.07, 6.45) is 3.62. The van der Waals surface area contributed by atoms with Crippen molar-refractivity contribution in [2.45, 2.75) is 33.6 Å². The Morgan fingerprint density at radius 2 is 1.84 bits per heavy atom. The number of anilines is 2. The van der Waals surface area contributed by atoms with Crippen LogP contribution in [0, 0.1) is 12.8 Å². The van der Waals surface area contributed by atoms with Crippen molar-refractivity contribution in [1.82, 2.24) is 24.6 Å². The van der Waals surface area contributed by atoms with E-state index in [-0.39, 0.29) is 6.03 Å². The molecule has 5 rings (SSSR count). The summed E-state index contributed by atoms with van der Waals surface area (Å²) in [4.78, 5) is 26.9. The third-order valence-electron chi connectivity index (χ3n) is 6.59. The molecule has 9 heteroatoms. The quantitative estimate of drug-likeness (QED) is 0.354. The maximum atomic E-state index is 12.9. The van der Waals surface area contributed by atoms with Gasteiger partial charge in [-0.2, -0.15) is 5.10 Å². The van der Waals surface area contributed by atoms with Crippen LogP contribution in [0.25, 0.3) is 16.7 Å². The van der Waals surface area contributed by atoms with E-state index in [9.17, 15) is 4.79 Å². The van der Waals surface area contributed by atoms with Gasteiger partial charge in [0.1, 0.15) is 11.6 Å². The number of carbonyl (C=O) groups excluding carboxylic acids is 1.